The van der Waals surface area contributed by atoms with Crippen LogP contribution in [0.1, 0.15) is 60.9 Å². The van der Waals surface area contributed by atoms with Crippen LogP contribution in [0.2, 0.25) is 0 Å². The minimum atomic E-state index is -0.967. The molecule has 1 saturated carbocycles. The van der Waals surface area contributed by atoms with Gasteiger partial charge in [0.25, 0.3) is 0 Å². The number of hydrogen-bond acceptors (Lipinski definition) is 7. The zero-order chi connectivity index (χ0) is 34.7. The summed E-state index contributed by atoms with van der Waals surface area (Å²) >= 11 is 1.48. The maximum atomic E-state index is 15.0. The Hall–Kier alpha value is -4.46. The molecule has 2 saturated heterocycles. The summed E-state index contributed by atoms with van der Waals surface area (Å²) < 4.78 is 0. The van der Waals surface area contributed by atoms with Gasteiger partial charge in [-0.25, -0.2) is 0 Å². The Balaban J connectivity index is 1.40. The number of aliphatic imine (C=N–C) groups is 1. The molecule has 4 aliphatic rings. The largest absolute Gasteiger partial charge is 0.370 e. The van der Waals surface area contributed by atoms with Crippen LogP contribution in [0.25, 0.3) is 0 Å². The molecule has 1 aromatic heterocycles. The van der Waals surface area contributed by atoms with Crippen molar-refractivity contribution < 1.29 is 24.0 Å². The highest BCUT2D eigenvalue weighted by Gasteiger charge is 2.51. The molecule has 6 N–H and O–H groups in total. The van der Waals surface area contributed by atoms with E-state index >= 15 is 0 Å². The lowest BCUT2D eigenvalue weighted by atomic mass is 9.84. The molecule has 14 heteroatoms. The third kappa shape index (κ3) is 7.58. The van der Waals surface area contributed by atoms with Crippen molar-refractivity contribution >= 4 is 46.8 Å². The Bertz CT molecular complexity index is 1590. The first-order chi connectivity index (χ1) is 23.6. The van der Waals surface area contributed by atoms with Crippen LogP contribution in [0.5, 0.6) is 0 Å². The molecule has 49 heavy (non-hydrogen) atoms. The Morgan fingerprint density at radius 1 is 0.898 bits per heavy atom. The number of nitrogens with zero attached hydrogens (tertiary/aromatic N) is 4. The first kappa shape index (κ1) is 34.4. The Morgan fingerprint density at radius 2 is 1.67 bits per heavy atom. The average Bonchev–Trinajstić information content (AvgIpc) is 3.75. The van der Waals surface area contributed by atoms with Gasteiger partial charge < -0.3 is 36.8 Å². The van der Waals surface area contributed by atoms with E-state index in [1.807, 2.05) is 41.8 Å². The standard InChI is InChI=1S/C35H46N8O5S/c1-41-20-30(44)39-26(18-24-11-7-15-49-24)33(47)42-19-23-10-3-2-8-21(23)16-29(42)34(48)43-27-13-5-4-9-22(27)17-28(43)31(45)40-25(32(41)46)12-6-14-38-35(36)37/h2-3,7-8,10-11,15,22,25-29H,4-6,9,12-14,16-20H2,1H3,(H,39,44)(H,40,45)(H4,36,37,38)/t22-,25-,26-,27-,28-,29+/m0/s1. The van der Waals surface area contributed by atoms with E-state index in [1.54, 1.807) is 9.80 Å². The molecular formula is C35H46N8O5S. The van der Waals surface area contributed by atoms with Crippen molar-refractivity contribution in [3.05, 3.63) is 57.8 Å². The normalized spacial score (nSPS) is 27.9. The number of thiophene rings is 1. The molecule has 2 aromatic rings. The molecule has 6 rings (SSSR count). The minimum Gasteiger partial charge on any atom is -0.370 e. The van der Waals surface area contributed by atoms with Gasteiger partial charge in [-0.15, -0.1) is 11.3 Å². The van der Waals surface area contributed by atoms with Crippen LogP contribution < -0.4 is 22.1 Å². The van der Waals surface area contributed by atoms with Crippen molar-refractivity contribution in [2.24, 2.45) is 22.4 Å². The third-order valence-electron chi connectivity index (χ3n) is 10.4. The maximum absolute atomic E-state index is 15.0. The van der Waals surface area contributed by atoms with Gasteiger partial charge >= 0.3 is 0 Å². The predicted molar refractivity (Wildman–Crippen MR) is 185 cm³/mol. The van der Waals surface area contributed by atoms with E-state index in [0.29, 0.717) is 19.3 Å². The molecule has 0 bridgehead atoms. The number of likely N-dealkylation sites (N-methyl/N-ethyl adjacent to an activating group) is 1. The van der Waals surface area contributed by atoms with Crippen molar-refractivity contribution in [1.29, 1.82) is 0 Å². The minimum absolute atomic E-state index is 0.0695. The van der Waals surface area contributed by atoms with E-state index < -0.39 is 41.9 Å². The second-order valence-electron chi connectivity index (χ2n) is 13.7. The van der Waals surface area contributed by atoms with Gasteiger partial charge in [0.1, 0.15) is 24.2 Å². The second-order valence-corrected chi connectivity index (χ2v) is 14.7. The Morgan fingerprint density at radius 3 is 2.43 bits per heavy atom. The van der Waals surface area contributed by atoms with Gasteiger partial charge in [-0.05, 0) is 60.6 Å². The van der Waals surface area contributed by atoms with Crippen molar-refractivity contribution in [2.45, 2.75) is 94.5 Å². The zero-order valence-corrected chi connectivity index (χ0v) is 28.7. The number of amides is 5. The lowest BCUT2D eigenvalue weighted by molar-refractivity contribution is -0.152. The number of guanidine groups is 1. The van der Waals surface area contributed by atoms with E-state index in [2.05, 4.69) is 15.6 Å². The van der Waals surface area contributed by atoms with E-state index in [1.165, 1.54) is 23.3 Å². The van der Waals surface area contributed by atoms with Gasteiger partial charge in [-0.2, -0.15) is 0 Å². The predicted octanol–water partition coefficient (Wildman–Crippen LogP) is 0.899. The van der Waals surface area contributed by atoms with E-state index in [9.17, 15) is 24.0 Å². The lowest BCUT2D eigenvalue weighted by Gasteiger charge is -2.42. The highest BCUT2D eigenvalue weighted by molar-refractivity contribution is 7.09. The number of carbonyl (C=O) groups is 5. The van der Waals surface area contributed by atoms with E-state index in [0.717, 1.165) is 41.7 Å². The van der Waals surface area contributed by atoms with Crippen molar-refractivity contribution in [3.63, 3.8) is 0 Å². The molecule has 0 unspecified atom stereocenters. The summed E-state index contributed by atoms with van der Waals surface area (Å²) in [6.45, 7) is 0.144. The highest BCUT2D eigenvalue weighted by Crippen LogP contribution is 2.41. The number of fused-ring (bicyclic) bond motifs is 5. The summed E-state index contributed by atoms with van der Waals surface area (Å²) in [5.74, 6) is -1.92. The molecule has 3 fully saturated rings. The average molecular weight is 691 g/mol. The molecule has 5 amide bonds. The number of carbonyl (C=O) groups excluding carboxylic acids is 5. The van der Waals surface area contributed by atoms with Gasteiger partial charge in [0, 0.05) is 43.9 Å². The summed E-state index contributed by atoms with van der Waals surface area (Å²) in [4.78, 5) is 80.7. The van der Waals surface area contributed by atoms with Crippen molar-refractivity contribution in [2.75, 3.05) is 20.1 Å². The molecule has 0 spiro atoms. The molecule has 13 nitrogen and oxygen atoms in total. The molecule has 3 aliphatic heterocycles. The quantitative estimate of drug-likeness (QED) is 0.197. The summed E-state index contributed by atoms with van der Waals surface area (Å²) in [7, 11) is 1.50. The van der Waals surface area contributed by atoms with Crippen LogP contribution in [-0.4, -0.2) is 101 Å². The molecule has 1 aromatic carbocycles. The number of benzene rings is 1. The number of rotatable bonds is 6. The number of hydrogen-bond donors (Lipinski definition) is 4. The van der Waals surface area contributed by atoms with E-state index in [4.69, 9.17) is 11.5 Å². The fourth-order valence-corrected chi connectivity index (χ4v) is 8.77. The molecule has 1 aliphatic carbocycles. The van der Waals surface area contributed by atoms with Crippen LogP contribution in [0.15, 0.2) is 46.8 Å². The first-order valence-corrected chi connectivity index (χ1v) is 18.1. The molecule has 0 radical (unpaired) electrons. The fourth-order valence-electron chi connectivity index (χ4n) is 8.02. The third-order valence-corrected chi connectivity index (χ3v) is 11.3. The first-order valence-electron chi connectivity index (χ1n) is 17.2. The molecule has 6 atom stereocenters. The smallest absolute Gasteiger partial charge is 0.246 e. The van der Waals surface area contributed by atoms with Crippen LogP contribution in [0.4, 0.5) is 0 Å². The van der Waals surface area contributed by atoms with Gasteiger partial charge in [0.05, 0.1) is 6.54 Å². The van der Waals surface area contributed by atoms with Crippen LogP contribution in [0, 0.1) is 5.92 Å². The molecular weight excluding hydrogens is 645 g/mol. The Kier molecular flexibility index (Phi) is 10.5. The summed E-state index contributed by atoms with van der Waals surface area (Å²) in [5, 5.41) is 7.77. The second kappa shape index (κ2) is 15.0. The summed E-state index contributed by atoms with van der Waals surface area (Å²) in [6.07, 6.45) is 5.33. The summed E-state index contributed by atoms with van der Waals surface area (Å²) in [6, 6.07) is 7.87. The van der Waals surface area contributed by atoms with Crippen LogP contribution >= 0.6 is 11.3 Å². The monoisotopic (exact) mass is 690 g/mol. The Labute approximate surface area is 290 Å². The van der Waals surface area contributed by atoms with Crippen molar-refractivity contribution in [1.82, 2.24) is 25.3 Å². The van der Waals surface area contributed by atoms with Gasteiger partial charge in [-0.1, -0.05) is 43.2 Å². The van der Waals surface area contributed by atoms with Gasteiger partial charge in [0.2, 0.25) is 29.5 Å². The highest BCUT2D eigenvalue weighted by atomic mass is 32.1. The van der Waals surface area contributed by atoms with Crippen LogP contribution in [0.3, 0.4) is 0 Å². The number of nitrogens with one attached hydrogen (secondary N) is 2. The summed E-state index contributed by atoms with van der Waals surface area (Å²) in [5.41, 5.74) is 12.9. The molecule has 262 valence electrons. The SMILES string of the molecule is CN1CC(=O)N[C@@H](Cc2cccs2)C(=O)N2Cc3ccccc3C[C@@H]2C(=O)N2[C@@H](C[C@@H]3CCCC[C@@H]32)C(=O)N[C@@H](CCCN=C(N)N)C1=O. The molecule has 4 heterocycles. The zero-order valence-electron chi connectivity index (χ0n) is 27.9. The van der Waals surface area contributed by atoms with Gasteiger partial charge in [-0.3, -0.25) is 29.0 Å². The maximum Gasteiger partial charge on any atom is 0.246 e. The topological polar surface area (TPSA) is 184 Å². The lowest BCUT2D eigenvalue weighted by Crippen LogP contribution is -2.61. The number of nitrogens with two attached hydrogens (primary N) is 2. The fraction of sp³-hybridized carbons (Fsp3) is 0.543. The van der Waals surface area contributed by atoms with Crippen LogP contribution in [-0.2, 0) is 43.4 Å². The van der Waals surface area contributed by atoms with Gasteiger partial charge in [0.15, 0.2) is 5.96 Å². The van der Waals surface area contributed by atoms with E-state index in [-0.39, 0.29) is 62.2 Å². The van der Waals surface area contributed by atoms with Crippen molar-refractivity contribution in [3.8, 4) is 0 Å².